The number of hydrogen-bond acceptors (Lipinski definition) is 2. The predicted octanol–water partition coefficient (Wildman–Crippen LogP) is 2.59. The molecule has 2 N–H and O–H groups in total. The third-order valence-corrected chi connectivity index (χ3v) is 2.65. The first-order valence-electron chi connectivity index (χ1n) is 4.59. The number of aliphatic hydroxyl groups is 1. The summed E-state index contributed by atoms with van der Waals surface area (Å²) < 4.78 is 0. The van der Waals surface area contributed by atoms with Gasteiger partial charge in [0.1, 0.15) is 5.75 Å². The summed E-state index contributed by atoms with van der Waals surface area (Å²) in [4.78, 5) is 0. The molecule has 0 amide bonds. The number of hydrogen-bond donors (Lipinski definition) is 2. The zero-order valence-electron chi connectivity index (χ0n) is 8.63. The van der Waals surface area contributed by atoms with Crippen LogP contribution in [-0.2, 0) is 6.42 Å². The van der Waals surface area contributed by atoms with Crippen LogP contribution in [0.25, 0.3) is 0 Å². The fourth-order valence-electron chi connectivity index (χ4n) is 1.51. The average molecular weight is 215 g/mol. The maximum atomic E-state index is 9.68. The Labute approximate surface area is 89.1 Å². The molecule has 0 aromatic heterocycles. The van der Waals surface area contributed by atoms with Gasteiger partial charge in [0.05, 0.1) is 6.10 Å². The van der Waals surface area contributed by atoms with Gasteiger partial charge in [-0.1, -0.05) is 11.6 Å². The molecule has 0 saturated heterocycles. The van der Waals surface area contributed by atoms with Crippen molar-refractivity contribution in [3.05, 3.63) is 27.8 Å². The van der Waals surface area contributed by atoms with E-state index in [1.54, 1.807) is 19.9 Å². The summed E-state index contributed by atoms with van der Waals surface area (Å²) in [5.41, 5.74) is 2.35. The zero-order chi connectivity index (χ0) is 10.9. The molecule has 0 aliphatic rings. The minimum Gasteiger partial charge on any atom is -0.507 e. The van der Waals surface area contributed by atoms with Crippen molar-refractivity contribution in [3.8, 4) is 5.75 Å². The van der Waals surface area contributed by atoms with E-state index < -0.39 is 6.10 Å². The molecule has 1 aromatic carbocycles. The van der Waals surface area contributed by atoms with Crippen LogP contribution in [0.3, 0.4) is 0 Å². The summed E-state index contributed by atoms with van der Waals surface area (Å²) in [6.45, 7) is 5.32. The second-order valence-electron chi connectivity index (χ2n) is 3.68. The van der Waals surface area contributed by atoms with Gasteiger partial charge in [0.15, 0.2) is 0 Å². The third-order valence-electron chi connectivity index (χ3n) is 2.31. The number of benzene rings is 1. The quantitative estimate of drug-likeness (QED) is 0.795. The first kappa shape index (κ1) is 11.3. The van der Waals surface area contributed by atoms with E-state index >= 15 is 0 Å². The minimum atomic E-state index is -0.451. The van der Waals surface area contributed by atoms with Gasteiger partial charge in [-0.3, -0.25) is 0 Å². The van der Waals surface area contributed by atoms with E-state index in [2.05, 4.69) is 0 Å². The van der Waals surface area contributed by atoms with E-state index in [4.69, 9.17) is 11.6 Å². The molecule has 0 bridgehead atoms. The molecule has 78 valence electrons. The second-order valence-corrected chi connectivity index (χ2v) is 4.09. The van der Waals surface area contributed by atoms with Crippen LogP contribution in [0.4, 0.5) is 0 Å². The Bertz CT molecular complexity index is 346. The number of halogens is 1. The monoisotopic (exact) mass is 214 g/mol. The fourth-order valence-corrected chi connectivity index (χ4v) is 1.89. The molecule has 2 nitrogen and oxygen atoms in total. The van der Waals surface area contributed by atoms with Crippen LogP contribution in [0.15, 0.2) is 6.07 Å². The van der Waals surface area contributed by atoms with Crippen molar-refractivity contribution in [2.45, 2.75) is 33.3 Å². The van der Waals surface area contributed by atoms with E-state index in [0.717, 1.165) is 16.7 Å². The van der Waals surface area contributed by atoms with Crippen molar-refractivity contribution in [1.29, 1.82) is 0 Å². The lowest BCUT2D eigenvalue weighted by Crippen LogP contribution is -2.06. The maximum absolute atomic E-state index is 9.68. The number of rotatable bonds is 2. The molecule has 14 heavy (non-hydrogen) atoms. The molecule has 1 aromatic rings. The molecule has 0 spiro atoms. The standard InChI is InChI=1S/C11H15ClO2/c1-6-4-10(12)9(5-7(2)13)8(3)11(6)14/h4,7,13-14H,5H2,1-3H3. The van der Waals surface area contributed by atoms with Crippen LogP contribution in [-0.4, -0.2) is 16.3 Å². The Balaban J connectivity index is 3.22. The first-order valence-corrected chi connectivity index (χ1v) is 4.97. The smallest absolute Gasteiger partial charge is 0.121 e. The molecule has 0 fully saturated rings. The van der Waals surface area contributed by atoms with Crippen LogP contribution < -0.4 is 0 Å². The van der Waals surface area contributed by atoms with E-state index in [-0.39, 0.29) is 5.75 Å². The molecule has 0 aliphatic carbocycles. The Kier molecular flexibility index (Phi) is 3.40. The van der Waals surface area contributed by atoms with Gasteiger partial charge < -0.3 is 10.2 Å². The van der Waals surface area contributed by atoms with Gasteiger partial charge in [-0.2, -0.15) is 0 Å². The van der Waals surface area contributed by atoms with Gasteiger partial charge in [0, 0.05) is 5.02 Å². The highest BCUT2D eigenvalue weighted by molar-refractivity contribution is 6.31. The molecule has 3 heteroatoms. The highest BCUT2D eigenvalue weighted by Crippen LogP contribution is 2.31. The number of aryl methyl sites for hydroxylation is 1. The largest absolute Gasteiger partial charge is 0.507 e. The molecule has 0 heterocycles. The molecule has 1 unspecified atom stereocenters. The molecule has 0 radical (unpaired) electrons. The molecule has 1 atom stereocenters. The van der Waals surface area contributed by atoms with Crippen molar-refractivity contribution >= 4 is 11.6 Å². The first-order chi connectivity index (χ1) is 6.43. The van der Waals surface area contributed by atoms with Crippen molar-refractivity contribution in [3.63, 3.8) is 0 Å². The highest BCUT2D eigenvalue weighted by atomic mass is 35.5. The van der Waals surface area contributed by atoms with E-state index in [0.29, 0.717) is 11.4 Å². The molecule has 1 rings (SSSR count). The summed E-state index contributed by atoms with van der Waals surface area (Å²) in [6.07, 6.45) is 0.0201. The SMILES string of the molecule is Cc1cc(Cl)c(CC(C)O)c(C)c1O. The molecular weight excluding hydrogens is 200 g/mol. The van der Waals surface area contributed by atoms with Crippen LogP contribution in [0.1, 0.15) is 23.6 Å². The van der Waals surface area contributed by atoms with Crippen LogP contribution in [0.5, 0.6) is 5.75 Å². The van der Waals surface area contributed by atoms with Gasteiger partial charge in [-0.05, 0) is 49.9 Å². The van der Waals surface area contributed by atoms with Gasteiger partial charge in [-0.15, -0.1) is 0 Å². The summed E-state index contributed by atoms with van der Waals surface area (Å²) in [5, 5.41) is 19.6. The summed E-state index contributed by atoms with van der Waals surface area (Å²) in [5.74, 6) is 0.269. The van der Waals surface area contributed by atoms with Gasteiger partial charge in [0.2, 0.25) is 0 Å². The van der Waals surface area contributed by atoms with Gasteiger partial charge in [-0.25, -0.2) is 0 Å². The third kappa shape index (κ3) is 2.20. The summed E-state index contributed by atoms with van der Waals surface area (Å²) in [6, 6.07) is 1.72. The fraction of sp³-hybridized carbons (Fsp3) is 0.455. The summed E-state index contributed by atoms with van der Waals surface area (Å²) in [7, 11) is 0. The normalized spacial score (nSPS) is 12.9. The zero-order valence-corrected chi connectivity index (χ0v) is 9.39. The lowest BCUT2D eigenvalue weighted by molar-refractivity contribution is 0.195. The Hall–Kier alpha value is -0.730. The molecule has 0 saturated carbocycles. The van der Waals surface area contributed by atoms with Crippen LogP contribution in [0.2, 0.25) is 5.02 Å². The van der Waals surface area contributed by atoms with Crippen molar-refractivity contribution in [2.75, 3.05) is 0 Å². The van der Waals surface area contributed by atoms with E-state index in [1.165, 1.54) is 0 Å². The Morgan fingerprint density at radius 1 is 1.43 bits per heavy atom. The maximum Gasteiger partial charge on any atom is 0.121 e. The minimum absolute atomic E-state index is 0.269. The number of phenolic OH excluding ortho intramolecular Hbond substituents is 1. The lowest BCUT2D eigenvalue weighted by atomic mass is 9.99. The van der Waals surface area contributed by atoms with Gasteiger partial charge >= 0.3 is 0 Å². The van der Waals surface area contributed by atoms with Crippen LogP contribution >= 0.6 is 11.6 Å². The van der Waals surface area contributed by atoms with E-state index in [1.807, 2.05) is 6.92 Å². The predicted molar refractivity (Wildman–Crippen MR) is 58.0 cm³/mol. The van der Waals surface area contributed by atoms with Crippen LogP contribution in [0, 0.1) is 13.8 Å². The topological polar surface area (TPSA) is 40.5 Å². The number of aromatic hydroxyl groups is 1. The number of phenols is 1. The van der Waals surface area contributed by atoms with Gasteiger partial charge in [0.25, 0.3) is 0 Å². The van der Waals surface area contributed by atoms with Crippen molar-refractivity contribution in [2.24, 2.45) is 0 Å². The van der Waals surface area contributed by atoms with Crippen molar-refractivity contribution < 1.29 is 10.2 Å². The Morgan fingerprint density at radius 3 is 2.50 bits per heavy atom. The second kappa shape index (κ2) is 4.20. The highest BCUT2D eigenvalue weighted by Gasteiger charge is 2.12. The average Bonchev–Trinajstić information content (AvgIpc) is 2.09. The lowest BCUT2D eigenvalue weighted by Gasteiger charge is -2.13. The Morgan fingerprint density at radius 2 is 2.00 bits per heavy atom. The summed E-state index contributed by atoms with van der Waals surface area (Å²) >= 11 is 6.03. The molecular formula is C11H15ClO2. The van der Waals surface area contributed by atoms with E-state index in [9.17, 15) is 10.2 Å². The number of aliphatic hydroxyl groups excluding tert-OH is 1. The van der Waals surface area contributed by atoms with Crippen molar-refractivity contribution in [1.82, 2.24) is 0 Å². The molecule has 0 aliphatic heterocycles.